The number of nitrogens with one attached hydrogen (secondary N) is 1. The zero-order chi connectivity index (χ0) is 17.1. The average molecular weight is 331 g/mol. The van der Waals surface area contributed by atoms with Crippen molar-refractivity contribution in [3.63, 3.8) is 0 Å². The van der Waals surface area contributed by atoms with E-state index in [2.05, 4.69) is 15.3 Å². The lowest BCUT2D eigenvalue weighted by molar-refractivity contribution is -0.139. The first kappa shape index (κ1) is 16.2. The van der Waals surface area contributed by atoms with E-state index in [0.29, 0.717) is 17.5 Å². The fraction of sp³-hybridized carbons (Fsp3) is 0.353. The molecule has 6 nitrogen and oxygen atoms in total. The normalized spacial score (nSPS) is 13.2. The molecule has 0 saturated heterocycles. The van der Waals surface area contributed by atoms with Gasteiger partial charge in [0, 0.05) is 11.3 Å². The first-order chi connectivity index (χ1) is 11.5. The van der Waals surface area contributed by atoms with Crippen molar-refractivity contribution in [3.8, 4) is 5.88 Å². The Morgan fingerprint density at radius 2 is 2.12 bits per heavy atom. The van der Waals surface area contributed by atoms with Gasteiger partial charge in [0.15, 0.2) is 6.61 Å². The standard InChI is InChI=1S/C17H18FN3O3/c1-10-8-11(18)6-7-13(10)19-17-20-14-5-3-2-4-12(14)16(21-17)24-9-15(22)23/h6-8H,2-5,9H2,1H3,(H,22,23)(H,19,20,21). The second-order valence-corrected chi connectivity index (χ2v) is 5.75. The molecule has 1 aliphatic rings. The van der Waals surface area contributed by atoms with Crippen LogP contribution in [0.5, 0.6) is 5.88 Å². The minimum atomic E-state index is -1.05. The molecule has 0 bridgehead atoms. The maximum atomic E-state index is 13.2. The van der Waals surface area contributed by atoms with Crippen molar-refractivity contribution in [3.05, 3.63) is 40.8 Å². The third kappa shape index (κ3) is 3.61. The Hall–Kier alpha value is -2.70. The molecule has 0 amide bonds. The highest BCUT2D eigenvalue weighted by molar-refractivity contribution is 5.68. The largest absolute Gasteiger partial charge is 0.479 e. The van der Waals surface area contributed by atoms with Crippen molar-refractivity contribution in [2.24, 2.45) is 0 Å². The number of anilines is 2. The number of aromatic nitrogens is 2. The summed E-state index contributed by atoms with van der Waals surface area (Å²) in [5.41, 5.74) is 3.17. The van der Waals surface area contributed by atoms with Crippen molar-refractivity contribution < 1.29 is 19.0 Å². The van der Waals surface area contributed by atoms with E-state index in [1.165, 1.54) is 12.1 Å². The van der Waals surface area contributed by atoms with Crippen molar-refractivity contribution in [1.82, 2.24) is 9.97 Å². The number of nitrogens with zero attached hydrogens (tertiary/aromatic N) is 2. The van der Waals surface area contributed by atoms with Crippen LogP contribution in [-0.2, 0) is 17.6 Å². The minimum absolute atomic E-state index is 0.310. The third-order valence-electron chi connectivity index (χ3n) is 3.91. The summed E-state index contributed by atoms with van der Waals surface area (Å²) < 4.78 is 18.6. The molecule has 0 fully saturated rings. The molecule has 0 saturated carbocycles. The number of rotatable bonds is 5. The number of aliphatic carboxylic acids is 1. The summed E-state index contributed by atoms with van der Waals surface area (Å²) in [7, 11) is 0. The second kappa shape index (κ2) is 6.82. The highest BCUT2D eigenvalue weighted by atomic mass is 19.1. The number of carbonyl (C=O) groups is 1. The molecule has 0 spiro atoms. The first-order valence-electron chi connectivity index (χ1n) is 7.80. The number of fused-ring (bicyclic) bond motifs is 1. The van der Waals surface area contributed by atoms with E-state index in [4.69, 9.17) is 9.84 Å². The van der Waals surface area contributed by atoms with Crippen molar-refractivity contribution in [2.75, 3.05) is 11.9 Å². The highest BCUT2D eigenvalue weighted by Gasteiger charge is 2.20. The van der Waals surface area contributed by atoms with Crippen LogP contribution in [-0.4, -0.2) is 27.7 Å². The topological polar surface area (TPSA) is 84.3 Å². The van der Waals surface area contributed by atoms with Crippen LogP contribution in [0.4, 0.5) is 16.0 Å². The van der Waals surface area contributed by atoms with Gasteiger partial charge in [-0.3, -0.25) is 0 Å². The van der Waals surface area contributed by atoms with E-state index < -0.39 is 12.6 Å². The van der Waals surface area contributed by atoms with Gasteiger partial charge in [-0.25, -0.2) is 14.2 Å². The van der Waals surface area contributed by atoms with Gasteiger partial charge in [-0.2, -0.15) is 4.98 Å². The molecule has 1 heterocycles. The van der Waals surface area contributed by atoms with Crippen LogP contribution in [0.3, 0.4) is 0 Å². The molecule has 24 heavy (non-hydrogen) atoms. The Morgan fingerprint density at radius 3 is 2.88 bits per heavy atom. The molecule has 1 aromatic heterocycles. The Morgan fingerprint density at radius 1 is 1.33 bits per heavy atom. The monoisotopic (exact) mass is 331 g/mol. The minimum Gasteiger partial charge on any atom is -0.479 e. The number of carboxylic acid groups (broad SMARTS) is 1. The number of hydrogen-bond donors (Lipinski definition) is 2. The van der Waals surface area contributed by atoms with Crippen molar-refractivity contribution >= 4 is 17.6 Å². The predicted octanol–water partition coefficient (Wildman–Crippen LogP) is 3.01. The van der Waals surface area contributed by atoms with Crippen LogP contribution in [0, 0.1) is 12.7 Å². The molecule has 3 rings (SSSR count). The van der Waals surface area contributed by atoms with Crippen LogP contribution >= 0.6 is 0 Å². The maximum Gasteiger partial charge on any atom is 0.341 e. The number of halogens is 1. The number of hydrogen-bond acceptors (Lipinski definition) is 5. The van der Waals surface area contributed by atoms with E-state index in [-0.39, 0.29) is 5.82 Å². The van der Waals surface area contributed by atoms with Crippen molar-refractivity contribution in [2.45, 2.75) is 32.6 Å². The molecule has 7 heteroatoms. The molecule has 0 aliphatic heterocycles. The van der Waals surface area contributed by atoms with Crippen LogP contribution < -0.4 is 10.1 Å². The summed E-state index contributed by atoms with van der Waals surface area (Å²) in [6, 6.07) is 4.39. The van der Waals surface area contributed by atoms with Gasteiger partial charge in [0.25, 0.3) is 0 Å². The molecule has 0 radical (unpaired) electrons. The van der Waals surface area contributed by atoms with Crippen LogP contribution in [0.25, 0.3) is 0 Å². The van der Waals surface area contributed by atoms with Gasteiger partial charge >= 0.3 is 5.97 Å². The van der Waals surface area contributed by atoms with Gasteiger partial charge < -0.3 is 15.2 Å². The Bertz CT molecular complexity index is 780. The lowest BCUT2D eigenvalue weighted by Gasteiger charge is -2.19. The average Bonchev–Trinajstić information content (AvgIpc) is 2.55. The van der Waals surface area contributed by atoms with Crippen molar-refractivity contribution in [1.29, 1.82) is 0 Å². The summed E-state index contributed by atoms with van der Waals surface area (Å²) in [5, 5.41) is 11.9. The van der Waals surface area contributed by atoms with E-state index in [0.717, 1.165) is 42.5 Å². The van der Waals surface area contributed by atoms with Gasteiger partial charge in [-0.15, -0.1) is 0 Å². The summed E-state index contributed by atoms with van der Waals surface area (Å²) >= 11 is 0. The maximum absolute atomic E-state index is 13.2. The molecule has 1 aromatic carbocycles. The quantitative estimate of drug-likeness (QED) is 0.876. The van der Waals surface area contributed by atoms with E-state index in [1.54, 1.807) is 13.0 Å². The fourth-order valence-electron chi connectivity index (χ4n) is 2.75. The van der Waals surface area contributed by atoms with E-state index >= 15 is 0 Å². The second-order valence-electron chi connectivity index (χ2n) is 5.75. The predicted molar refractivity (Wildman–Crippen MR) is 86.2 cm³/mol. The lowest BCUT2D eigenvalue weighted by Crippen LogP contribution is -2.16. The zero-order valence-corrected chi connectivity index (χ0v) is 13.3. The Kier molecular flexibility index (Phi) is 4.59. The van der Waals surface area contributed by atoms with Gasteiger partial charge in [0.1, 0.15) is 5.82 Å². The summed E-state index contributed by atoms with van der Waals surface area (Å²) in [5.74, 6) is -0.730. The lowest BCUT2D eigenvalue weighted by atomic mass is 9.97. The van der Waals surface area contributed by atoms with Crippen LogP contribution in [0.1, 0.15) is 29.7 Å². The fourth-order valence-corrected chi connectivity index (χ4v) is 2.75. The molecule has 0 atom stereocenters. The molecule has 2 N–H and O–H groups in total. The summed E-state index contributed by atoms with van der Waals surface area (Å²) in [4.78, 5) is 19.6. The van der Waals surface area contributed by atoms with Gasteiger partial charge in [0.2, 0.25) is 11.8 Å². The molecular weight excluding hydrogens is 313 g/mol. The molecule has 126 valence electrons. The Labute approximate surface area is 138 Å². The van der Waals surface area contributed by atoms with Crippen LogP contribution in [0.2, 0.25) is 0 Å². The molecule has 2 aromatic rings. The summed E-state index contributed by atoms with van der Waals surface area (Å²) in [6.45, 7) is 1.34. The Balaban J connectivity index is 1.92. The third-order valence-corrected chi connectivity index (χ3v) is 3.91. The zero-order valence-electron chi connectivity index (χ0n) is 13.3. The van der Waals surface area contributed by atoms with E-state index in [1.807, 2.05) is 0 Å². The first-order valence-corrected chi connectivity index (χ1v) is 7.80. The van der Waals surface area contributed by atoms with E-state index in [9.17, 15) is 9.18 Å². The molecular formula is C17H18FN3O3. The van der Waals surface area contributed by atoms with Gasteiger partial charge in [-0.05, 0) is 56.4 Å². The van der Waals surface area contributed by atoms with Crippen LogP contribution in [0.15, 0.2) is 18.2 Å². The highest BCUT2D eigenvalue weighted by Crippen LogP contribution is 2.29. The number of aryl methyl sites for hydroxylation is 2. The number of ether oxygens (including phenoxy) is 1. The van der Waals surface area contributed by atoms with Gasteiger partial charge in [0.05, 0.1) is 5.69 Å². The number of carboxylic acids is 1. The molecule has 1 aliphatic carbocycles. The smallest absolute Gasteiger partial charge is 0.341 e. The summed E-state index contributed by atoms with van der Waals surface area (Å²) in [6.07, 6.45) is 3.61. The van der Waals surface area contributed by atoms with Gasteiger partial charge in [-0.1, -0.05) is 0 Å². The number of benzene rings is 1. The SMILES string of the molecule is Cc1cc(F)ccc1Nc1nc2c(c(OCC(=O)O)n1)CCCC2. The molecule has 0 unspecified atom stereocenters.